The molecule has 1 rings (SSSR count). The summed E-state index contributed by atoms with van der Waals surface area (Å²) in [6, 6.07) is 1.77. The fourth-order valence-corrected chi connectivity index (χ4v) is 2.84. The number of nitrogens with one attached hydrogen (secondary N) is 1. The largest absolute Gasteiger partial charge is 0.401 e. The highest BCUT2D eigenvalue weighted by Crippen LogP contribution is 2.42. The third-order valence-corrected chi connectivity index (χ3v) is 3.98. The van der Waals surface area contributed by atoms with Crippen LogP contribution in [0.25, 0.3) is 0 Å². The van der Waals surface area contributed by atoms with Crippen LogP contribution in [0.1, 0.15) is 24.6 Å². The molecule has 0 bridgehead atoms. The number of rotatable bonds is 7. The van der Waals surface area contributed by atoms with Gasteiger partial charge in [-0.3, -0.25) is 0 Å². The molecular weight excluding hydrogens is 316 g/mol. The highest BCUT2D eigenvalue weighted by molar-refractivity contribution is 7.09. The molecule has 1 aromatic heterocycles. The Morgan fingerprint density at radius 2 is 1.76 bits per heavy atom. The predicted octanol–water partition coefficient (Wildman–Crippen LogP) is 4.79. The van der Waals surface area contributed by atoms with Crippen LogP contribution in [0, 0.1) is 5.92 Å². The Balaban J connectivity index is 2.86. The summed E-state index contributed by atoms with van der Waals surface area (Å²) in [5, 5.41) is 4.15. The fourth-order valence-electron chi connectivity index (χ4n) is 2.11. The molecule has 1 N–H and O–H groups in total. The van der Waals surface area contributed by atoms with E-state index >= 15 is 0 Å². The van der Waals surface area contributed by atoms with E-state index < -0.39 is 24.3 Å². The number of alkyl halides is 6. The van der Waals surface area contributed by atoms with E-state index in [4.69, 9.17) is 0 Å². The van der Waals surface area contributed by atoms with Crippen molar-refractivity contribution in [3.05, 3.63) is 22.4 Å². The third-order valence-electron chi connectivity index (χ3n) is 3.05. The third kappa shape index (κ3) is 5.86. The smallest absolute Gasteiger partial charge is 0.313 e. The molecule has 1 aromatic rings. The Morgan fingerprint density at radius 1 is 1.14 bits per heavy atom. The Labute approximate surface area is 123 Å². The van der Waals surface area contributed by atoms with Crippen molar-refractivity contribution in [3.8, 4) is 0 Å². The molecule has 1 unspecified atom stereocenters. The standard InChI is InChI=1S/C13H17F6NS/c1-2-7-20-10(6-5-9-4-3-8-21-9)11(12(14,15)16)13(17,18)19/h3-4,8,10-11,20H,2,5-7H2,1H3. The molecule has 0 aliphatic carbocycles. The van der Waals surface area contributed by atoms with Crippen LogP contribution in [0.3, 0.4) is 0 Å². The normalized spacial score (nSPS) is 14.7. The second-order valence-electron chi connectivity index (χ2n) is 4.74. The molecule has 0 spiro atoms. The van der Waals surface area contributed by atoms with Crippen molar-refractivity contribution in [2.75, 3.05) is 6.54 Å². The predicted molar refractivity (Wildman–Crippen MR) is 70.3 cm³/mol. The summed E-state index contributed by atoms with van der Waals surface area (Å²) < 4.78 is 76.8. The highest BCUT2D eigenvalue weighted by atomic mass is 32.1. The molecule has 1 atom stereocenters. The van der Waals surface area contributed by atoms with Crippen LogP contribution in [-0.2, 0) is 6.42 Å². The van der Waals surface area contributed by atoms with Crippen LogP contribution in [0.5, 0.6) is 0 Å². The lowest BCUT2D eigenvalue weighted by atomic mass is 9.93. The van der Waals surface area contributed by atoms with Crippen LogP contribution in [0.4, 0.5) is 26.3 Å². The minimum absolute atomic E-state index is 0.123. The molecule has 1 nitrogen and oxygen atoms in total. The van der Waals surface area contributed by atoms with Gasteiger partial charge in [0.15, 0.2) is 5.92 Å². The van der Waals surface area contributed by atoms with Crippen molar-refractivity contribution in [3.63, 3.8) is 0 Å². The van der Waals surface area contributed by atoms with Gasteiger partial charge in [-0.05, 0) is 37.3 Å². The van der Waals surface area contributed by atoms with Gasteiger partial charge in [-0.1, -0.05) is 13.0 Å². The Hall–Kier alpha value is -0.760. The number of hydrogen-bond donors (Lipinski definition) is 1. The lowest BCUT2D eigenvalue weighted by Crippen LogP contribution is -2.51. The van der Waals surface area contributed by atoms with Gasteiger partial charge in [0.05, 0.1) is 0 Å². The van der Waals surface area contributed by atoms with Crippen LogP contribution < -0.4 is 5.32 Å². The van der Waals surface area contributed by atoms with E-state index in [1.165, 1.54) is 11.3 Å². The van der Waals surface area contributed by atoms with Gasteiger partial charge < -0.3 is 5.32 Å². The molecular formula is C13H17F6NS. The summed E-state index contributed by atoms with van der Waals surface area (Å²) in [5.74, 6) is -3.34. The van der Waals surface area contributed by atoms with Crippen LogP contribution >= 0.6 is 11.3 Å². The zero-order valence-electron chi connectivity index (χ0n) is 11.4. The van der Waals surface area contributed by atoms with Crippen LogP contribution in [0.2, 0.25) is 0 Å². The van der Waals surface area contributed by atoms with E-state index in [-0.39, 0.29) is 19.4 Å². The van der Waals surface area contributed by atoms with Gasteiger partial charge in [0.25, 0.3) is 0 Å². The molecule has 0 saturated heterocycles. The SMILES string of the molecule is CCCNC(CCc1cccs1)C(C(F)(F)F)C(F)(F)F. The van der Waals surface area contributed by atoms with Gasteiger partial charge in [-0.25, -0.2) is 0 Å². The van der Waals surface area contributed by atoms with Gasteiger partial charge in [0.1, 0.15) is 0 Å². The van der Waals surface area contributed by atoms with E-state index in [2.05, 4.69) is 5.32 Å². The highest BCUT2D eigenvalue weighted by Gasteiger charge is 2.59. The van der Waals surface area contributed by atoms with Crippen molar-refractivity contribution in [1.29, 1.82) is 0 Å². The zero-order chi connectivity index (χ0) is 16.1. The van der Waals surface area contributed by atoms with Crippen molar-refractivity contribution in [1.82, 2.24) is 5.32 Å². The van der Waals surface area contributed by atoms with E-state index in [1.807, 2.05) is 0 Å². The first-order chi connectivity index (χ1) is 9.66. The van der Waals surface area contributed by atoms with E-state index in [9.17, 15) is 26.3 Å². The second-order valence-corrected chi connectivity index (χ2v) is 5.77. The quantitative estimate of drug-likeness (QED) is 0.708. The first-order valence-corrected chi connectivity index (χ1v) is 7.43. The average Bonchev–Trinajstić information content (AvgIpc) is 2.81. The summed E-state index contributed by atoms with van der Waals surface area (Å²) >= 11 is 1.33. The van der Waals surface area contributed by atoms with Gasteiger partial charge >= 0.3 is 12.4 Å². The molecule has 0 radical (unpaired) electrons. The van der Waals surface area contributed by atoms with Crippen LogP contribution in [-0.4, -0.2) is 24.9 Å². The van der Waals surface area contributed by atoms with Gasteiger partial charge in [0.2, 0.25) is 0 Å². The number of halogens is 6. The van der Waals surface area contributed by atoms with Gasteiger partial charge in [-0.2, -0.15) is 26.3 Å². The zero-order valence-corrected chi connectivity index (χ0v) is 12.2. The number of thiophene rings is 1. The summed E-state index contributed by atoms with van der Waals surface area (Å²) in [4.78, 5) is 0.779. The van der Waals surface area contributed by atoms with E-state index in [0.717, 1.165) is 4.88 Å². The molecule has 0 aliphatic rings. The van der Waals surface area contributed by atoms with Crippen molar-refractivity contribution >= 4 is 11.3 Å². The second kappa shape index (κ2) is 7.49. The van der Waals surface area contributed by atoms with Gasteiger partial charge in [-0.15, -0.1) is 11.3 Å². The van der Waals surface area contributed by atoms with Gasteiger partial charge in [0, 0.05) is 10.9 Å². The molecule has 21 heavy (non-hydrogen) atoms. The molecule has 0 saturated carbocycles. The monoisotopic (exact) mass is 333 g/mol. The lowest BCUT2D eigenvalue weighted by molar-refractivity contribution is -0.292. The molecule has 0 aromatic carbocycles. The minimum Gasteiger partial charge on any atom is -0.313 e. The maximum absolute atomic E-state index is 12.8. The van der Waals surface area contributed by atoms with E-state index in [1.54, 1.807) is 24.4 Å². The number of aryl methyl sites for hydroxylation is 1. The Bertz CT molecular complexity index is 384. The summed E-state index contributed by atoms with van der Waals surface area (Å²) in [7, 11) is 0. The molecule has 1 heterocycles. The Morgan fingerprint density at radius 3 is 2.19 bits per heavy atom. The molecule has 0 fully saturated rings. The minimum atomic E-state index is -5.31. The molecule has 0 amide bonds. The Kier molecular flexibility index (Phi) is 6.52. The van der Waals surface area contributed by atoms with Crippen molar-refractivity contribution in [2.45, 2.75) is 44.6 Å². The molecule has 122 valence electrons. The summed E-state index contributed by atoms with van der Waals surface area (Å²) in [6.45, 7) is 1.82. The van der Waals surface area contributed by atoms with Crippen molar-refractivity contribution in [2.24, 2.45) is 5.92 Å². The number of hydrogen-bond acceptors (Lipinski definition) is 2. The lowest BCUT2D eigenvalue weighted by Gasteiger charge is -2.31. The molecule has 0 aliphatic heterocycles. The maximum atomic E-state index is 12.8. The fraction of sp³-hybridized carbons (Fsp3) is 0.692. The first kappa shape index (κ1) is 18.3. The van der Waals surface area contributed by atoms with E-state index in [0.29, 0.717) is 6.42 Å². The molecule has 8 heteroatoms. The van der Waals surface area contributed by atoms with Crippen molar-refractivity contribution < 1.29 is 26.3 Å². The topological polar surface area (TPSA) is 12.0 Å². The first-order valence-electron chi connectivity index (χ1n) is 6.55. The summed E-state index contributed by atoms with van der Waals surface area (Å²) in [5.41, 5.74) is 0. The van der Waals surface area contributed by atoms with Crippen LogP contribution in [0.15, 0.2) is 17.5 Å². The average molecular weight is 333 g/mol. The summed E-state index contributed by atoms with van der Waals surface area (Å²) in [6.07, 6.45) is -10.2. The maximum Gasteiger partial charge on any atom is 0.401 e.